The number of hydrazine groups is 1. The number of nitrogens with zero attached hydrogens (tertiary/aromatic N) is 1. The van der Waals surface area contributed by atoms with Gasteiger partial charge in [0.1, 0.15) is 5.82 Å². The van der Waals surface area contributed by atoms with Crippen LogP contribution >= 0.6 is 23.2 Å². The van der Waals surface area contributed by atoms with Gasteiger partial charge in [-0.3, -0.25) is 0 Å². The van der Waals surface area contributed by atoms with Crippen LogP contribution in [0.25, 0.3) is 0 Å². The molecule has 21 heavy (non-hydrogen) atoms. The molecule has 118 valence electrons. The molecule has 6 nitrogen and oxygen atoms in total. The minimum absolute atomic E-state index is 0.267. The molecule has 0 aliphatic carbocycles. The number of carbonyl (C=O) groups is 2. The Morgan fingerprint density at radius 2 is 1.67 bits per heavy atom. The zero-order chi connectivity index (χ0) is 16.3. The monoisotopic (exact) mass is 340 g/mol. The fourth-order valence-electron chi connectivity index (χ4n) is 1.17. The fraction of sp³-hybridized carbons (Fsp3) is 0.333. The first-order chi connectivity index (χ1) is 9.90. The van der Waals surface area contributed by atoms with E-state index in [1.54, 1.807) is 12.1 Å². The number of hydrogen-bond acceptors (Lipinski definition) is 4. The first-order valence-corrected chi connectivity index (χ1v) is 6.83. The summed E-state index contributed by atoms with van der Waals surface area (Å²) >= 11 is 11.3. The van der Waals surface area contributed by atoms with Crippen LogP contribution in [-0.4, -0.2) is 52.0 Å². The minimum atomic E-state index is -1.82. The van der Waals surface area contributed by atoms with Crippen molar-refractivity contribution in [2.75, 3.05) is 30.3 Å². The molecule has 0 heterocycles. The highest BCUT2D eigenvalue weighted by molar-refractivity contribution is 6.27. The summed E-state index contributed by atoms with van der Waals surface area (Å²) in [6.45, 7) is 1.32. The number of rotatable bonds is 6. The third kappa shape index (κ3) is 9.89. The number of benzene rings is 1. The Morgan fingerprint density at radius 1 is 1.14 bits per heavy atom. The summed E-state index contributed by atoms with van der Waals surface area (Å²) in [5.74, 6) is -2.92. The van der Waals surface area contributed by atoms with Crippen molar-refractivity contribution in [2.24, 2.45) is 0 Å². The molecule has 1 aromatic carbocycles. The molecule has 0 bridgehead atoms. The van der Waals surface area contributed by atoms with Crippen molar-refractivity contribution in [3.05, 3.63) is 30.1 Å². The van der Waals surface area contributed by atoms with Crippen molar-refractivity contribution in [2.45, 2.75) is 0 Å². The Hall–Kier alpha value is -1.57. The second-order valence-electron chi connectivity index (χ2n) is 3.60. The molecule has 0 saturated carbocycles. The lowest BCUT2D eigenvalue weighted by Gasteiger charge is -2.22. The topological polar surface area (TPSA) is 89.9 Å². The molecule has 3 N–H and O–H groups in total. The maximum absolute atomic E-state index is 12.9. The lowest BCUT2D eigenvalue weighted by molar-refractivity contribution is -0.159. The molecule has 0 aliphatic heterocycles. The molecule has 0 aliphatic rings. The van der Waals surface area contributed by atoms with E-state index in [0.717, 1.165) is 0 Å². The predicted molar refractivity (Wildman–Crippen MR) is 78.3 cm³/mol. The van der Waals surface area contributed by atoms with Gasteiger partial charge in [-0.1, -0.05) is 6.07 Å². The molecule has 1 aromatic rings. The van der Waals surface area contributed by atoms with Crippen LogP contribution in [0.4, 0.5) is 10.1 Å². The molecule has 0 saturated heterocycles. The van der Waals surface area contributed by atoms with E-state index >= 15 is 0 Å². The summed E-state index contributed by atoms with van der Waals surface area (Å²) < 4.78 is 12.9. The summed E-state index contributed by atoms with van der Waals surface area (Å²) in [7, 11) is 0. The van der Waals surface area contributed by atoms with Crippen molar-refractivity contribution in [3.8, 4) is 0 Å². The van der Waals surface area contributed by atoms with E-state index in [0.29, 0.717) is 30.5 Å². The lowest BCUT2D eigenvalue weighted by Crippen LogP contribution is -2.33. The van der Waals surface area contributed by atoms with Crippen LogP contribution in [0.15, 0.2) is 24.3 Å². The van der Waals surface area contributed by atoms with Crippen LogP contribution < -0.4 is 5.43 Å². The average Bonchev–Trinajstić information content (AvgIpc) is 2.40. The zero-order valence-corrected chi connectivity index (χ0v) is 12.4. The van der Waals surface area contributed by atoms with Crippen molar-refractivity contribution in [1.29, 1.82) is 0 Å². The zero-order valence-electron chi connectivity index (χ0n) is 10.9. The van der Waals surface area contributed by atoms with Gasteiger partial charge < -0.3 is 15.6 Å². The highest BCUT2D eigenvalue weighted by Crippen LogP contribution is 2.10. The van der Waals surface area contributed by atoms with Gasteiger partial charge >= 0.3 is 11.9 Å². The third-order valence-corrected chi connectivity index (χ3v) is 2.34. The molecular formula is C12H15Cl2FN2O4. The SMILES string of the molecule is Fc1cccc(NN(CCCl)CCCl)c1.O=C(O)C(=O)O. The van der Waals surface area contributed by atoms with E-state index in [9.17, 15) is 4.39 Å². The quantitative estimate of drug-likeness (QED) is 0.417. The van der Waals surface area contributed by atoms with Gasteiger partial charge in [0.05, 0.1) is 5.69 Å². The molecule has 0 atom stereocenters. The number of carboxylic acid groups (broad SMARTS) is 2. The maximum Gasteiger partial charge on any atom is 0.414 e. The molecule has 0 amide bonds. The van der Waals surface area contributed by atoms with Crippen molar-refractivity contribution < 1.29 is 24.2 Å². The highest BCUT2D eigenvalue weighted by atomic mass is 35.5. The number of carboxylic acids is 2. The van der Waals surface area contributed by atoms with Crippen LogP contribution in [0.3, 0.4) is 0 Å². The number of alkyl halides is 2. The van der Waals surface area contributed by atoms with Crippen LogP contribution in [0.1, 0.15) is 0 Å². The van der Waals surface area contributed by atoms with E-state index in [4.69, 9.17) is 43.0 Å². The van der Waals surface area contributed by atoms with E-state index in [-0.39, 0.29) is 5.82 Å². The Balaban J connectivity index is 0.000000567. The highest BCUT2D eigenvalue weighted by Gasteiger charge is 2.04. The normalized spacial score (nSPS) is 9.71. The van der Waals surface area contributed by atoms with Gasteiger partial charge in [0.15, 0.2) is 0 Å². The van der Waals surface area contributed by atoms with Crippen LogP contribution in [0.5, 0.6) is 0 Å². The van der Waals surface area contributed by atoms with Crippen molar-refractivity contribution in [3.63, 3.8) is 0 Å². The van der Waals surface area contributed by atoms with E-state index in [1.807, 2.05) is 5.01 Å². The Kier molecular flexibility index (Phi) is 10.3. The number of nitrogens with one attached hydrogen (secondary N) is 1. The van der Waals surface area contributed by atoms with Crippen LogP contribution in [0.2, 0.25) is 0 Å². The summed E-state index contributed by atoms with van der Waals surface area (Å²) in [5.41, 5.74) is 3.75. The Morgan fingerprint density at radius 3 is 2.05 bits per heavy atom. The van der Waals surface area contributed by atoms with E-state index in [2.05, 4.69) is 5.43 Å². The fourth-order valence-corrected chi connectivity index (χ4v) is 1.58. The van der Waals surface area contributed by atoms with Gasteiger partial charge in [0.25, 0.3) is 0 Å². The van der Waals surface area contributed by atoms with Gasteiger partial charge in [0, 0.05) is 24.8 Å². The minimum Gasteiger partial charge on any atom is -0.473 e. The largest absolute Gasteiger partial charge is 0.473 e. The molecule has 0 unspecified atom stereocenters. The van der Waals surface area contributed by atoms with E-state index < -0.39 is 11.9 Å². The van der Waals surface area contributed by atoms with Crippen molar-refractivity contribution >= 4 is 40.8 Å². The molecule has 0 spiro atoms. The molecule has 1 rings (SSSR count). The summed E-state index contributed by atoms with van der Waals surface area (Å²) in [6, 6.07) is 6.27. The standard InChI is InChI=1S/C10H13Cl2FN2.C2H2O4/c11-4-6-15(7-5-12)14-10-3-1-2-9(13)8-10;3-1(4)2(5)6/h1-3,8,14H,4-7H2;(H,3,4)(H,5,6). The Bertz CT molecular complexity index is 445. The van der Waals surface area contributed by atoms with Crippen LogP contribution in [0, 0.1) is 5.82 Å². The first-order valence-electron chi connectivity index (χ1n) is 5.76. The number of anilines is 1. The molecule has 0 fully saturated rings. The lowest BCUT2D eigenvalue weighted by atomic mass is 10.3. The molecule has 0 radical (unpaired) electrons. The molecule has 0 aromatic heterocycles. The second-order valence-corrected chi connectivity index (χ2v) is 4.35. The van der Waals surface area contributed by atoms with Crippen LogP contribution in [-0.2, 0) is 9.59 Å². The number of aliphatic carboxylic acids is 2. The van der Waals surface area contributed by atoms with Gasteiger partial charge in [-0.2, -0.15) is 0 Å². The third-order valence-electron chi connectivity index (χ3n) is 2.00. The van der Waals surface area contributed by atoms with Gasteiger partial charge in [-0.15, -0.1) is 23.2 Å². The summed E-state index contributed by atoms with van der Waals surface area (Å²) in [4.78, 5) is 18.2. The number of halogens is 3. The second kappa shape index (κ2) is 11.1. The summed E-state index contributed by atoms with van der Waals surface area (Å²) in [6.07, 6.45) is 0. The van der Waals surface area contributed by atoms with Gasteiger partial charge in [0.2, 0.25) is 0 Å². The summed E-state index contributed by atoms with van der Waals surface area (Å²) in [5, 5.41) is 16.6. The smallest absolute Gasteiger partial charge is 0.414 e. The first kappa shape index (κ1) is 19.4. The Labute approximate surface area is 131 Å². The maximum atomic E-state index is 12.9. The van der Waals surface area contributed by atoms with E-state index in [1.165, 1.54) is 12.1 Å². The number of hydrogen-bond donors (Lipinski definition) is 3. The predicted octanol–water partition coefficient (Wildman–Crippen LogP) is 2.09. The molecule has 9 heteroatoms. The van der Waals surface area contributed by atoms with Gasteiger partial charge in [-0.05, 0) is 18.2 Å². The van der Waals surface area contributed by atoms with Crippen molar-refractivity contribution in [1.82, 2.24) is 5.01 Å². The molecular weight excluding hydrogens is 326 g/mol. The van der Waals surface area contributed by atoms with Gasteiger partial charge in [-0.25, -0.2) is 19.0 Å². The average molecular weight is 341 g/mol.